The van der Waals surface area contributed by atoms with Crippen molar-refractivity contribution in [1.82, 2.24) is 4.57 Å². The second-order valence-electron chi connectivity index (χ2n) is 9.00. The summed E-state index contributed by atoms with van der Waals surface area (Å²) in [5.74, 6) is 2.75. The van der Waals surface area contributed by atoms with E-state index in [1.807, 2.05) is 36.4 Å². The summed E-state index contributed by atoms with van der Waals surface area (Å²) in [5.41, 5.74) is 2.34. The van der Waals surface area contributed by atoms with Gasteiger partial charge in [-0.1, -0.05) is 87.3 Å². The van der Waals surface area contributed by atoms with Gasteiger partial charge in [0.05, 0.1) is 35.6 Å². The summed E-state index contributed by atoms with van der Waals surface area (Å²) in [6.45, 7) is 1.91. The van der Waals surface area contributed by atoms with Crippen molar-refractivity contribution in [3.63, 3.8) is 0 Å². The molecule has 0 unspecified atom stereocenters. The highest BCUT2D eigenvalue weighted by atomic mass is 79.9. The molecule has 1 aliphatic heterocycles. The monoisotopic (exact) mass is 662 g/mol. The van der Waals surface area contributed by atoms with Crippen molar-refractivity contribution in [1.29, 1.82) is 0 Å². The van der Waals surface area contributed by atoms with Crippen LogP contribution in [0.15, 0.2) is 86.6 Å². The molecule has 0 N–H and O–H groups in total. The number of aromatic nitrogens is 1. The van der Waals surface area contributed by atoms with E-state index in [-0.39, 0.29) is 24.3 Å². The minimum absolute atomic E-state index is 0.0139. The summed E-state index contributed by atoms with van der Waals surface area (Å²) in [7, 11) is 1.52. The highest BCUT2D eigenvalue weighted by molar-refractivity contribution is 9.10. The molecule has 0 amide bonds. The van der Waals surface area contributed by atoms with Crippen LogP contribution in [0.2, 0.25) is 5.02 Å². The van der Waals surface area contributed by atoms with E-state index in [0.29, 0.717) is 42.7 Å². The van der Waals surface area contributed by atoms with Crippen molar-refractivity contribution in [2.45, 2.75) is 13.0 Å². The molecule has 3 aromatic carbocycles. The largest absolute Gasteiger partial charge is 0.493 e. The Morgan fingerprint density at radius 3 is 2.60 bits per heavy atom. The highest BCUT2D eigenvalue weighted by Gasteiger charge is 2.35. The number of fused-ring (bicyclic) bond motifs is 1. The first-order valence-corrected chi connectivity index (χ1v) is 14.8. The highest BCUT2D eigenvalue weighted by Crippen LogP contribution is 2.37. The number of ether oxygens (including phenoxy) is 3. The molecule has 0 spiro atoms. The molecule has 0 saturated heterocycles. The first-order valence-electron chi connectivity index (χ1n) is 12.8. The van der Waals surface area contributed by atoms with Gasteiger partial charge in [-0.2, -0.15) is 0 Å². The van der Waals surface area contributed by atoms with Gasteiger partial charge in [0, 0.05) is 20.6 Å². The Balaban J connectivity index is 1.82. The molecule has 10 heteroatoms. The number of nitrogens with zero attached hydrogens (tertiary/aromatic N) is 2. The Morgan fingerprint density at radius 1 is 1.19 bits per heavy atom. The summed E-state index contributed by atoms with van der Waals surface area (Å²) in [4.78, 5) is 33.0. The second-order valence-corrected chi connectivity index (χ2v) is 11.4. The molecule has 1 atom stereocenters. The zero-order valence-corrected chi connectivity index (χ0v) is 25.8. The number of carbonyl (C=O) groups excluding carboxylic acids is 1. The van der Waals surface area contributed by atoms with Crippen LogP contribution < -0.4 is 24.4 Å². The molecule has 0 radical (unpaired) electrons. The van der Waals surface area contributed by atoms with Gasteiger partial charge in [0.2, 0.25) is 0 Å². The molecule has 0 aliphatic carbocycles. The van der Waals surface area contributed by atoms with Crippen LogP contribution in [-0.4, -0.2) is 30.9 Å². The molecule has 0 fully saturated rings. The predicted octanol–water partition coefficient (Wildman–Crippen LogP) is 5.37. The lowest BCUT2D eigenvalue weighted by atomic mass is 9.93. The van der Waals surface area contributed by atoms with Crippen LogP contribution in [0.3, 0.4) is 0 Å². The van der Waals surface area contributed by atoms with Crippen molar-refractivity contribution in [3.05, 3.63) is 118 Å². The number of methoxy groups -OCH3 is 1. The minimum atomic E-state index is -0.816. The average Bonchev–Trinajstić information content (AvgIpc) is 3.30. The topological polar surface area (TPSA) is 79.1 Å². The van der Waals surface area contributed by atoms with Gasteiger partial charge in [-0.15, -0.1) is 6.42 Å². The third kappa shape index (κ3) is 5.79. The van der Waals surface area contributed by atoms with Crippen LogP contribution in [0.5, 0.6) is 11.5 Å². The van der Waals surface area contributed by atoms with E-state index in [2.05, 4.69) is 21.9 Å². The molecule has 2 heterocycles. The number of thiazole rings is 1. The number of carbonyl (C=O) groups is 1. The summed E-state index contributed by atoms with van der Waals surface area (Å²) < 4.78 is 19.4. The van der Waals surface area contributed by atoms with Crippen LogP contribution in [-0.2, 0) is 9.53 Å². The normalized spacial score (nSPS) is 14.5. The average molecular weight is 664 g/mol. The fourth-order valence-corrected chi connectivity index (χ4v) is 6.23. The number of hydrogen-bond acceptors (Lipinski definition) is 7. The van der Waals surface area contributed by atoms with E-state index < -0.39 is 12.0 Å². The SMILES string of the molecule is C#CCOc1c(/C=c2\sc3n(c2=O)[C@@H](c2ccc(Cl)cc2)C(C(=O)OCC)=C(c2ccccc2)N=3)cc(Br)cc1OC. The second kappa shape index (κ2) is 12.8. The van der Waals surface area contributed by atoms with Crippen molar-refractivity contribution in [2.24, 2.45) is 4.99 Å². The van der Waals surface area contributed by atoms with E-state index in [0.717, 1.165) is 10.0 Å². The Morgan fingerprint density at radius 2 is 1.93 bits per heavy atom. The van der Waals surface area contributed by atoms with E-state index in [4.69, 9.17) is 37.2 Å². The van der Waals surface area contributed by atoms with Crippen LogP contribution >= 0.6 is 38.9 Å². The fourth-order valence-electron chi connectivity index (χ4n) is 4.66. The van der Waals surface area contributed by atoms with Gasteiger partial charge >= 0.3 is 5.97 Å². The van der Waals surface area contributed by atoms with Gasteiger partial charge in [0.15, 0.2) is 16.3 Å². The first-order chi connectivity index (χ1) is 20.4. The Labute approximate surface area is 259 Å². The molecule has 0 bridgehead atoms. The summed E-state index contributed by atoms with van der Waals surface area (Å²) in [5, 5.41) is 0.527. The number of halogens is 2. The van der Waals surface area contributed by atoms with E-state index in [1.165, 1.54) is 23.0 Å². The number of esters is 1. The standard InChI is InChI=1S/C32H24BrClN2O5S/c1-4-15-41-29-21(16-22(33)18-24(29)39-3)17-25-30(37)36-28(20-11-13-23(34)14-12-20)26(31(38)40-5-2)27(35-32(36)42-25)19-9-7-6-8-10-19/h1,6-14,16-18,28H,5,15H2,2-3H3/b25-17-/t28-/m0/s1. The third-order valence-corrected chi connectivity index (χ3v) is 8.11. The van der Waals surface area contributed by atoms with Gasteiger partial charge in [-0.25, -0.2) is 9.79 Å². The molecular formula is C32H24BrClN2O5S. The Bertz CT molecular complexity index is 1910. The lowest BCUT2D eigenvalue weighted by molar-refractivity contribution is -0.138. The zero-order chi connectivity index (χ0) is 29.8. The zero-order valence-electron chi connectivity index (χ0n) is 22.6. The van der Waals surface area contributed by atoms with Gasteiger partial charge in [0.1, 0.15) is 6.61 Å². The maximum Gasteiger partial charge on any atom is 0.338 e. The molecule has 42 heavy (non-hydrogen) atoms. The molecule has 212 valence electrons. The quantitative estimate of drug-likeness (QED) is 0.187. The van der Waals surface area contributed by atoms with Gasteiger partial charge in [0.25, 0.3) is 5.56 Å². The molecule has 4 aromatic rings. The van der Waals surface area contributed by atoms with Crippen molar-refractivity contribution < 1.29 is 19.0 Å². The van der Waals surface area contributed by atoms with E-state index in [1.54, 1.807) is 43.3 Å². The Hall–Kier alpha value is -4.10. The maximum absolute atomic E-state index is 14.2. The fraction of sp³-hybridized carbons (Fsp3) is 0.156. The number of benzene rings is 3. The van der Waals surface area contributed by atoms with E-state index in [9.17, 15) is 9.59 Å². The first kappa shape index (κ1) is 29.4. The van der Waals surface area contributed by atoms with Gasteiger partial charge < -0.3 is 14.2 Å². The lowest BCUT2D eigenvalue weighted by Gasteiger charge is -2.26. The van der Waals surface area contributed by atoms with Crippen LogP contribution in [0.4, 0.5) is 0 Å². The summed E-state index contributed by atoms with van der Waals surface area (Å²) in [6, 6.07) is 19.1. The summed E-state index contributed by atoms with van der Waals surface area (Å²) >= 11 is 10.9. The molecule has 7 nitrogen and oxygen atoms in total. The smallest absolute Gasteiger partial charge is 0.338 e. The number of rotatable bonds is 8. The molecule has 1 aromatic heterocycles. The number of terminal acetylenes is 1. The van der Waals surface area contributed by atoms with Gasteiger partial charge in [-0.05, 0) is 42.8 Å². The van der Waals surface area contributed by atoms with Crippen molar-refractivity contribution >= 4 is 56.6 Å². The Kier molecular flexibility index (Phi) is 8.97. The molecular weight excluding hydrogens is 640 g/mol. The van der Waals surface area contributed by atoms with Crippen LogP contribution in [0.1, 0.15) is 29.7 Å². The van der Waals surface area contributed by atoms with Crippen LogP contribution in [0, 0.1) is 12.3 Å². The molecule has 5 rings (SSSR count). The molecule has 0 saturated carbocycles. The third-order valence-electron chi connectivity index (χ3n) is 6.41. The van der Waals surface area contributed by atoms with Crippen molar-refractivity contribution in [3.8, 4) is 23.8 Å². The predicted molar refractivity (Wildman–Crippen MR) is 168 cm³/mol. The lowest BCUT2D eigenvalue weighted by Crippen LogP contribution is -2.40. The molecule has 1 aliphatic rings. The maximum atomic E-state index is 14.2. The van der Waals surface area contributed by atoms with E-state index >= 15 is 0 Å². The summed E-state index contributed by atoms with van der Waals surface area (Å²) in [6.07, 6.45) is 7.15. The number of hydrogen-bond donors (Lipinski definition) is 0. The van der Waals surface area contributed by atoms with Crippen molar-refractivity contribution in [2.75, 3.05) is 20.3 Å². The van der Waals surface area contributed by atoms with Crippen LogP contribution in [0.25, 0.3) is 11.8 Å². The minimum Gasteiger partial charge on any atom is -0.493 e. The van der Waals surface area contributed by atoms with Gasteiger partial charge in [-0.3, -0.25) is 9.36 Å².